The van der Waals surface area contributed by atoms with E-state index in [1.165, 1.54) is 50.5 Å². The second kappa shape index (κ2) is 8.15. The van der Waals surface area contributed by atoms with Gasteiger partial charge in [-0.05, 0) is 84.9 Å². The number of rotatable bonds is 5. The summed E-state index contributed by atoms with van der Waals surface area (Å²) in [5.41, 5.74) is 1.68. The molecule has 0 aromatic rings. The molecule has 0 spiro atoms. The first-order valence-electron chi connectivity index (χ1n) is 13.5. The first-order chi connectivity index (χ1) is 14.4. The van der Waals surface area contributed by atoms with Crippen LogP contribution in [0.25, 0.3) is 0 Å². The molecule has 9 atom stereocenters. The van der Waals surface area contributed by atoms with Crippen molar-refractivity contribution in [2.75, 3.05) is 0 Å². The Bertz CT molecular complexity index is 693. The summed E-state index contributed by atoms with van der Waals surface area (Å²) >= 11 is 0. The number of hydrogen-bond donors (Lipinski definition) is 2. The number of aliphatic hydroxyl groups excluding tert-OH is 2. The molecule has 0 aromatic heterocycles. The molecule has 4 aliphatic carbocycles. The van der Waals surface area contributed by atoms with Gasteiger partial charge in [-0.1, -0.05) is 79.4 Å². The van der Waals surface area contributed by atoms with Gasteiger partial charge in [-0.3, -0.25) is 0 Å². The average molecular weight is 431 g/mol. The van der Waals surface area contributed by atoms with Crippen LogP contribution in [0.5, 0.6) is 0 Å². The molecule has 4 aliphatic rings. The van der Waals surface area contributed by atoms with Gasteiger partial charge in [-0.15, -0.1) is 0 Å². The van der Waals surface area contributed by atoms with Gasteiger partial charge in [0.15, 0.2) is 0 Å². The van der Waals surface area contributed by atoms with E-state index in [2.05, 4.69) is 54.5 Å². The van der Waals surface area contributed by atoms with Gasteiger partial charge in [0.25, 0.3) is 0 Å². The Morgan fingerprint density at radius 1 is 0.903 bits per heavy atom. The Kier molecular flexibility index (Phi) is 6.26. The molecule has 0 aromatic carbocycles. The second-order valence-electron chi connectivity index (χ2n) is 13.6. The summed E-state index contributed by atoms with van der Waals surface area (Å²) < 4.78 is 0. The van der Waals surface area contributed by atoms with Crippen molar-refractivity contribution in [1.82, 2.24) is 0 Å². The van der Waals surface area contributed by atoms with Gasteiger partial charge in [-0.2, -0.15) is 0 Å². The summed E-state index contributed by atoms with van der Waals surface area (Å²) in [7, 11) is 0. The average Bonchev–Trinajstić information content (AvgIpc) is 3.04. The number of aliphatic hydroxyl groups is 2. The van der Waals surface area contributed by atoms with Gasteiger partial charge >= 0.3 is 0 Å². The molecule has 3 fully saturated rings. The van der Waals surface area contributed by atoms with Crippen LogP contribution in [0, 0.1) is 51.8 Å². The molecule has 2 N–H and O–H groups in total. The fourth-order valence-corrected chi connectivity index (χ4v) is 9.36. The topological polar surface area (TPSA) is 40.5 Å². The van der Waals surface area contributed by atoms with E-state index in [1.54, 1.807) is 0 Å². The summed E-state index contributed by atoms with van der Waals surface area (Å²) in [6.07, 6.45) is 12.9. The van der Waals surface area contributed by atoms with Gasteiger partial charge in [0.05, 0.1) is 12.2 Å². The fraction of sp³-hybridized carbons (Fsp3) is 0.931. The van der Waals surface area contributed by atoms with Gasteiger partial charge in [0.1, 0.15) is 0 Å². The molecule has 0 unspecified atom stereocenters. The molecule has 4 rings (SSSR count). The highest BCUT2D eigenvalue weighted by Gasteiger charge is 2.63. The van der Waals surface area contributed by atoms with Crippen LogP contribution < -0.4 is 0 Å². The molecule has 2 heteroatoms. The van der Waals surface area contributed by atoms with Crippen LogP contribution >= 0.6 is 0 Å². The van der Waals surface area contributed by atoms with Crippen molar-refractivity contribution in [1.29, 1.82) is 0 Å². The van der Waals surface area contributed by atoms with Crippen LogP contribution in [0.1, 0.15) is 106 Å². The standard InChI is InChI=1S/C29H50O2/c1-18(2)9-8-10-19(3)20-11-12-21-26-22(13-15-28(20,21)6)29(7)16-14-25(31)27(4,5)24(29)17-23(26)30/h17-23,25-26,30-31H,8-16H2,1-7H3/t19-,20-,21+,22+,23-,25+,26+,28-,29-/m1/s1. The van der Waals surface area contributed by atoms with Crippen molar-refractivity contribution < 1.29 is 10.2 Å². The molecule has 3 saturated carbocycles. The van der Waals surface area contributed by atoms with Crippen molar-refractivity contribution in [3.63, 3.8) is 0 Å². The van der Waals surface area contributed by atoms with Crippen molar-refractivity contribution in [3.05, 3.63) is 11.6 Å². The van der Waals surface area contributed by atoms with Crippen molar-refractivity contribution in [2.24, 2.45) is 51.8 Å². The lowest BCUT2D eigenvalue weighted by Gasteiger charge is -2.62. The zero-order chi connectivity index (χ0) is 22.8. The molecule has 31 heavy (non-hydrogen) atoms. The molecule has 0 heterocycles. The van der Waals surface area contributed by atoms with Gasteiger partial charge < -0.3 is 10.2 Å². The SMILES string of the molecule is CC(C)CCC[C@@H](C)[C@H]1CC[C@H]2[C@@H]3[C@H](O)C=C4C(C)(C)[C@@H](O)CC[C@]4(C)[C@H]3CC[C@]12C. The van der Waals surface area contributed by atoms with Crippen LogP contribution in [-0.4, -0.2) is 22.4 Å². The highest BCUT2D eigenvalue weighted by Crippen LogP contribution is 2.68. The van der Waals surface area contributed by atoms with E-state index in [9.17, 15) is 10.2 Å². The highest BCUT2D eigenvalue weighted by molar-refractivity contribution is 5.33. The maximum Gasteiger partial charge on any atom is 0.0757 e. The van der Waals surface area contributed by atoms with E-state index in [4.69, 9.17) is 0 Å². The minimum atomic E-state index is -0.336. The minimum absolute atomic E-state index is 0.148. The molecule has 0 amide bonds. The zero-order valence-electron chi connectivity index (χ0n) is 21.5. The Hall–Kier alpha value is -0.340. The fourth-order valence-electron chi connectivity index (χ4n) is 9.36. The Balaban J connectivity index is 1.58. The Morgan fingerprint density at radius 2 is 1.61 bits per heavy atom. The summed E-state index contributed by atoms with van der Waals surface area (Å²) in [5.74, 6) is 4.07. The quantitative estimate of drug-likeness (QED) is 0.461. The monoisotopic (exact) mass is 430 g/mol. The number of hydrogen-bond acceptors (Lipinski definition) is 2. The maximum absolute atomic E-state index is 11.5. The Morgan fingerprint density at radius 3 is 2.29 bits per heavy atom. The lowest BCUT2D eigenvalue weighted by molar-refractivity contribution is -0.111. The molecule has 178 valence electrons. The molecular formula is C29H50O2. The van der Waals surface area contributed by atoms with Crippen molar-refractivity contribution >= 4 is 0 Å². The predicted octanol–water partition coefficient (Wildman–Crippen LogP) is 7.00. The van der Waals surface area contributed by atoms with Crippen LogP contribution in [0.2, 0.25) is 0 Å². The van der Waals surface area contributed by atoms with E-state index in [1.807, 2.05) is 0 Å². The molecule has 0 saturated heterocycles. The van der Waals surface area contributed by atoms with E-state index in [0.29, 0.717) is 23.2 Å². The highest BCUT2D eigenvalue weighted by atomic mass is 16.3. The lowest BCUT2D eigenvalue weighted by atomic mass is 9.43. The normalized spacial score (nSPS) is 47.4. The molecule has 0 aliphatic heterocycles. The third-order valence-electron chi connectivity index (χ3n) is 11.2. The summed E-state index contributed by atoms with van der Waals surface area (Å²) in [6, 6.07) is 0. The van der Waals surface area contributed by atoms with Crippen LogP contribution in [-0.2, 0) is 0 Å². The predicted molar refractivity (Wildman–Crippen MR) is 130 cm³/mol. The molecule has 0 radical (unpaired) electrons. The summed E-state index contributed by atoms with van der Waals surface area (Å²) in [5, 5.41) is 22.2. The molecular weight excluding hydrogens is 380 g/mol. The number of fused-ring (bicyclic) bond motifs is 5. The summed E-state index contributed by atoms with van der Waals surface area (Å²) in [4.78, 5) is 0. The van der Waals surface area contributed by atoms with E-state index in [-0.39, 0.29) is 23.0 Å². The largest absolute Gasteiger partial charge is 0.392 e. The lowest BCUT2D eigenvalue weighted by Crippen LogP contribution is -2.58. The molecule has 0 bridgehead atoms. The second-order valence-corrected chi connectivity index (χ2v) is 13.6. The van der Waals surface area contributed by atoms with Crippen molar-refractivity contribution in [3.8, 4) is 0 Å². The smallest absolute Gasteiger partial charge is 0.0757 e. The van der Waals surface area contributed by atoms with Gasteiger partial charge in [0, 0.05) is 5.41 Å². The maximum atomic E-state index is 11.5. The first kappa shape index (κ1) is 23.8. The van der Waals surface area contributed by atoms with E-state index < -0.39 is 0 Å². The van der Waals surface area contributed by atoms with Crippen LogP contribution in [0.4, 0.5) is 0 Å². The third-order valence-corrected chi connectivity index (χ3v) is 11.2. The van der Waals surface area contributed by atoms with Gasteiger partial charge in [0.2, 0.25) is 0 Å². The van der Waals surface area contributed by atoms with Gasteiger partial charge in [-0.25, -0.2) is 0 Å². The zero-order valence-corrected chi connectivity index (χ0v) is 21.5. The minimum Gasteiger partial charge on any atom is -0.392 e. The summed E-state index contributed by atoms with van der Waals surface area (Å²) in [6.45, 7) is 16.7. The third kappa shape index (κ3) is 3.67. The first-order valence-corrected chi connectivity index (χ1v) is 13.5. The van der Waals surface area contributed by atoms with Crippen molar-refractivity contribution in [2.45, 2.75) is 118 Å². The Labute approximate surface area is 192 Å². The molecule has 2 nitrogen and oxygen atoms in total. The van der Waals surface area contributed by atoms with E-state index >= 15 is 0 Å². The van der Waals surface area contributed by atoms with E-state index in [0.717, 1.165) is 30.6 Å². The van der Waals surface area contributed by atoms with Crippen LogP contribution in [0.15, 0.2) is 11.6 Å². The van der Waals surface area contributed by atoms with Crippen LogP contribution in [0.3, 0.4) is 0 Å².